The third-order valence-corrected chi connectivity index (χ3v) is 2.54. The van der Waals surface area contributed by atoms with Gasteiger partial charge in [-0.25, -0.2) is 0 Å². The monoisotopic (exact) mass is 193 g/mol. The van der Waals surface area contributed by atoms with Gasteiger partial charge in [0.1, 0.15) is 0 Å². The minimum absolute atomic E-state index is 0.733. The van der Waals surface area contributed by atoms with Gasteiger partial charge < -0.3 is 9.57 Å². The van der Waals surface area contributed by atoms with Gasteiger partial charge in [0, 0.05) is 6.54 Å². The molecule has 0 atom stereocenters. The maximum absolute atomic E-state index is 5.45. The first-order chi connectivity index (χ1) is 6.92. The van der Waals surface area contributed by atoms with Gasteiger partial charge in [-0.15, -0.1) is 0 Å². The first kappa shape index (κ1) is 9.65. The van der Waals surface area contributed by atoms with Crippen LogP contribution in [-0.2, 0) is 29.1 Å². The van der Waals surface area contributed by atoms with Gasteiger partial charge in [-0.1, -0.05) is 18.2 Å². The summed E-state index contributed by atoms with van der Waals surface area (Å²) in [7, 11) is 1.63. The van der Waals surface area contributed by atoms with Crippen molar-refractivity contribution in [3.8, 4) is 0 Å². The van der Waals surface area contributed by atoms with Crippen LogP contribution in [0.25, 0.3) is 0 Å². The van der Waals surface area contributed by atoms with E-state index >= 15 is 0 Å². The number of rotatable bonds is 3. The molecule has 1 aromatic rings. The van der Waals surface area contributed by atoms with E-state index in [2.05, 4.69) is 23.7 Å². The molecule has 3 nitrogen and oxygen atoms in total. The van der Waals surface area contributed by atoms with Crippen molar-refractivity contribution in [1.82, 2.24) is 5.48 Å². The Morgan fingerprint density at radius 3 is 3.29 bits per heavy atom. The molecule has 14 heavy (non-hydrogen) atoms. The van der Waals surface area contributed by atoms with Gasteiger partial charge >= 0.3 is 0 Å². The summed E-state index contributed by atoms with van der Waals surface area (Å²) in [5.74, 6) is 0. The highest BCUT2D eigenvalue weighted by atomic mass is 16.6. The van der Waals surface area contributed by atoms with Crippen LogP contribution in [0.15, 0.2) is 18.2 Å². The predicted molar refractivity (Wildman–Crippen MR) is 53.7 cm³/mol. The summed E-state index contributed by atoms with van der Waals surface area (Å²) in [6.07, 6.45) is 1.02. The van der Waals surface area contributed by atoms with Gasteiger partial charge in [-0.05, 0) is 23.1 Å². The second-order valence-corrected chi connectivity index (χ2v) is 3.38. The number of benzene rings is 1. The Morgan fingerprint density at radius 2 is 2.43 bits per heavy atom. The smallest absolute Gasteiger partial charge is 0.0722 e. The Hall–Kier alpha value is -0.900. The third-order valence-electron chi connectivity index (χ3n) is 2.54. The van der Waals surface area contributed by atoms with Crippen LogP contribution in [-0.4, -0.2) is 13.7 Å². The van der Waals surface area contributed by atoms with Gasteiger partial charge in [-0.3, -0.25) is 0 Å². The van der Waals surface area contributed by atoms with E-state index in [1.165, 1.54) is 16.7 Å². The normalized spacial score (nSPS) is 15.2. The fourth-order valence-electron chi connectivity index (χ4n) is 1.78. The van der Waals surface area contributed by atoms with Crippen LogP contribution in [0.5, 0.6) is 0 Å². The Labute approximate surface area is 84.0 Å². The van der Waals surface area contributed by atoms with E-state index in [-0.39, 0.29) is 0 Å². The van der Waals surface area contributed by atoms with E-state index < -0.39 is 0 Å². The summed E-state index contributed by atoms with van der Waals surface area (Å²) < 4.78 is 5.45. The molecule has 0 bridgehead atoms. The number of hydrogen-bond acceptors (Lipinski definition) is 3. The molecule has 1 aromatic carbocycles. The van der Waals surface area contributed by atoms with E-state index in [9.17, 15) is 0 Å². The first-order valence-corrected chi connectivity index (χ1v) is 4.85. The molecule has 0 amide bonds. The van der Waals surface area contributed by atoms with Crippen LogP contribution in [0.4, 0.5) is 0 Å². The Bertz CT molecular complexity index is 312. The summed E-state index contributed by atoms with van der Waals surface area (Å²) in [4.78, 5) is 4.85. The van der Waals surface area contributed by atoms with E-state index in [4.69, 9.17) is 9.57 Å². The highest BCUT2D eigenvalue weighted by Crippen LogP contribution is 2.20. The van der Waals surface area contributed by atoms with Crippen molar-refractivity contribution in [2.24, 2.45) is 0 Å². The van der Waals surface area contributed by atoms with E-state index in [1.54, 1.807) is 7.11 Å². The quantitative estimate of drug-likeness (QED) is 0.736. The molecule has 1 N–H and O–H groups in total. The van der Waals surface area contributed by atoms with Gasteiger partial charge in [-0.2, -0.15) is 5.48 Å². The molecule has 0 unspecified atom stereocenters. The molecule has 1 aliphatic heterocycles. The molecule has 1 heterocycles. The minimum Gasteiger partial charge on any atom is -0.376 e. The van der Waals surface area contributed by atoms with E-state index in [0.29, 0.717) is 0 Å². The molecule has 0 fully saturated rings. The topological polar surface area (TPSA) is 30.5 Å². The second-order valence-electron chi connectivity index (χ2n) is 3.38. The zero-order chi connectivity index (χ0) is 9.80. The summed E-state index contributed by atoms with van der Waals surface area (Å²) in [6, 6.07) is 6.38. The van der Waals surface area contributed by atoms with Crippen molar-refractivity contribution < 1.29 is 9.57 Å². The largest absolute Gasteiger partial charge is 0.376 e. The van der Waals surface area contributed by atoms with Crippen LogP contribution in [0.3, 0.4) is 0 Å². The van der Waals surface area contributed by atoms with Gasteiger partial charge in [0.2, 0.25) is 0 Å². The lowest BCUT2D eigenvalue weighted by atomic mass is 9.98. The molecule has 2 rings (SSSR count). The summed E-state index contributed by atoms with van der Waals surface area (Å²) in [5.41, 5.74) is 6.86. The molecule has 1 aliphatic rings. The molecular weight excluding hydrogens is 178 g/mol. The highest BCUT2D eigenvalue weighted by Gasteiger charge is 2.12. The standard InChI is InChI=1S/C11H15NO2/c1-13-12-7-10-4-2-3-9-5-6-14-8-11(9)10/h2-4,12H,5-8H2,1H3. The molecule has 0 saturated carbocycles. The van der Waals surface area contributed by atoms with Gasteiger partial charge in [0.05, 0.1) is 20.3 Å². The lowest BCUT2D eigenvalue weighted by Crippen LogP contribution is -2.17. The number of ether oxygens (including phenoxy) is 1. The summed E-state index contributed by atoms with van der Waals surface area (Å²) >= 11 is 0. The number of hydroxylamine groups is 1. The average Bonchev–Trinajstić information content (AvgIpc) is 2.26. The Balaban J connectivity index is 2.21. The number of hydrogen-bond donors (Lipinski definition) is 1. The van der Waals surface area contributed by atoms with E-state index in [1.807, 2.05) is 0 Å². The van der Waals surface area contributed by atoms with Crippen LogP contribution >= 0.6 is 0 Å². The summed E-state index contributed by atoms with van der Waals surface area (Å²) in [5, 5.41) is 0. The maximum Gasteiger partial charge on any atom is 0.0722 e. The molecule has 0 saturated heterocycles. The van der Waals surface area contributed by atoms with Gasteiger partial charge in [0.25, 0.3) is 0 Å². The number of nitrogens with one attached hydrogen (secondary N) is 1. The first-order valence-electron chi connectivity index (χ1n) is 4.85. The van der Waals surface area contributed by atoms with Crippen molar-refractivity contribution in [2.45, 2.75) is 19.6 Å². The zero-order valence-electron chi connectivity index (χ0n) is 8.38. The molecule has 0 radical (unpaired) electrons. The van der Waals surface area contributed by atoms with E-state index in [0.717, 1.165) is 26.2 Å². The Kier molecular flexibility index (Phi) is 3.14. The second kappa shape index (κ2) is 4.55. The van der Waals surface area contributed by atoms with Crippen molar-refractivity contribution >= 4 is 0 Å². The molecular formula is C11H15NO2. The molecule has 3 heteroatoms. The average molecular weight is 193 g/mol. The van der Waals surface area contributed by atoms with Crippen LogP contribution in [0.1, 0.15) is 16.7 Å². The minimum atomic E-state index is 0.733. The number of fused-ring (bicyclic) bond motifs is 1. The van der Waals surface area contributed by atoms with Gasteiger partial charge in [0.15, 0.2) is 0 Å². The maximum atomic E-state index is 5.45. The molecule has 76 valence electrons. The SMILES string of the molecule is CONCc1cccc2c1COCC2. The van der Waals surface area contributed by atoms with Crippen molar-refractivity contribution in [3.63, 3.8) is 0 Å². The van der Waals surface area contributed by atoms with Crippen molar-refractivity contribution in [2.75, 3.05) is 13.7 Å². The third kappa shape index (κ3) is 1.95. The highest BCUT2D eigenvalue weighted by molar-refractivity contribution is 5.35. The van der Waals surface area contributed by atoms with Crippen LogP contribution in [0.2, 0.25) is 0 Å². The zero-order valence-corrected chi connectivity index (χ0v) is 8.38. The van der Waals surface area contributed by atoms with Crippen molar-refractivity contribution in [1.29, 1.82) is 0 Å². The lowest BCUT2D eigenvalue weighted by Gasteiger charge is -2.19. The molecule has 0 spiro atoms. The lowest BCUT2D eigenvalue weighted by molar-refractivity contribution is 0.0836. The van der Waals surface area contributed by atoms with Crippen molar-refractivity contribution in [3.05, 3.63) is 34.9 Å². The van der Waals surface area contributed by atoms with Crippen LogP contribution in [0, 0.1) is 0 Å². The predicted octanol–water partition coefficient (Wildman–Crippen LogP) is 1.41. The molecule has 0 aromatic heterocycles. The summed E-state index contributed by atoms with van der Waals surface area (Å²) in [6.45, 7) is 2.31. The Morgan fingerprint density at radius 1 is 1.50 bits per heavy atom. The molecule has 0 aliphatic carbocycles. The fourth-order valence-corrected chi connectivity index (χ4v) is 1.78. The van der Waals surface area contributed by atoms with Crippen LogP contribution < -0.4 is 5.48 Å². The fraction of sp³-hybridized carbons (Fsp3) is 0.455.